The number of halogens is 1. The fourth-order valence-electron chi connectivity index (χ4n) is 2.17. The van der Waals surface area contributed by atoms with Crippen molar-refractivity contribution in [3.8, 4) is 5.88 Å². The van der Waals surface area contributed by atoms with Gasteiger partial charge in [-0.15, -0.1) is 0 Å². The molecule has 0 spiro atoms. The number of hydrogen-bond acceptors (Lipinski definition) is 4. The quantitative estimate of drug-likeness (QED) is 0.905. The molecular formula is C13H19BrN2O2. The topological polar surface area (TPSA) is 45.6 Å². The number of aliphatic hydroxyl groups excluding tert-OH is 1. The van der Waals surface area contributed by atoms with Crippen molar-refractivity contribution in [2.45, 2.75) is 25.9 Å². The number of ether oxygens (including phenoxy) is 1. The van der Waals surface area contributed by atoms with Crippen LogP contribution in [0.4, 0.5) is 0 Å². The molecule has 0 aliphatic carbocycles. The molecule has 1 aromatic rings. The van der Waals surface area contributed by atoms with E-state index < -0.39 is 0 Å². The molecule has 5 heteroatoms. The lowest BCUT2D eigenvalue weighted by Crippen LogP contribution is -2.33. The number of aliphatic hydroxyl groups is 1. The van der Waals surface area contributed by atoms with Crippen molar-refractivity contribution in [1.82, 2.24) is 9.88 Å². The summed E-state index contributed by atoms with van der Waals surface area (Å²) in [5.41, 5.74) is 0.725. The minimum atomic E-state index is -0.0501. The normalized spacial score (nSPS) is 16.8. The summed E-state index contributed by atoms with van der Waals surface area (Å²) in [7, 11) is 0. The van der Waals surface area contributed by atoms with Crippen molar-refractivity contribution >= 4 is 15.9 Å². The lowest BCUT2D eigenvalue weighted by atomic mass is 10.1. The van der Waals surface area contributed by atoms with E-state index in [0.29, 0.717) is 12.5 Å². The summed E-state index contributed by atoms with van der Waals surface area (Å²) in [4.78, 5) is 6.60. The van der Waals surface area contributed by atoms with E-state index in [1.807, 2.05) is 6.07 Å². The Bertz CT molecular complexity index is 381. The molecule has 0 atom stereocenters. The van der Waals surface area contributed by atoms with Gasteiger partial charge in [0.25, 0.3) is 0 Å². The molecule has 1 aliphatic rings. The van der Waals surface area contributed by atoms with Gasteiger partial charge in [-0.2, -0.15) is 0 Å². The molecule has 4 nitrogen and oxygen atoms in total. The van der Waals surface area contributed by atoms with Gasteiger partial charge >= 0.3 is 0 Å². The van der Waals surface area contributed by atoms with Gasteiger partial charge in [-0.1, -0.05) is 6.42 Å². The molecule has 0 unspecified atom stereocenters. The number of likely N-dealkylation sites (tertiary alicyclic amines) is 1. The minimum absolute atomic E-state index is 0.0501. The Morgan fingerprint density at radius 3 is 2.83 bits per heavy atom. The van der Waals surface area contributed by atoms with Crippen LogP contribution < -0.4 is 4.74 Å². The van der Waals surface area contributed by atoms with Gasteiger partial charge in [-0.05, 0) is 47.9 Å². The Morgan fingerprint density at radius 2 is 2.11 bits per heavy atom. The highest BCUT2D eigenvalue weighted by Gasteiger charge is 2.10. The predicted molar refractivity (Wildman–Crippen MR) is 73.6 cm³/mol. The molecule has 18 heavy (non-hydrogen) atoms. The third-order valence-electron chi connectivity index (χ3n) is 3.16. The van der Waals surface area contributed by atoms with E-state index in [9.17, 15) is 5.11 Å². The zero-order chi connectivity index (χ0) is 12.8. The monoisotopic (exact) mass is 314 g/mol. The van der Waals surface area contributed by atoms with Crippen molar-refractivity contribution in [1.29, 1.82) is 0 Å². The van der Waals surface area contributed by atoms with Crippen molar-refractivity contribution in [2.24, 2.45) is 0 Å². The Hall–Kier alpha value is -0.650. The maximum Gasteiger partial charge on any atom is 0.218 e. The van der Waals surface area contributed by atoms with E-state index in [1.54, 1.807) is 6.20 Å². The molecule has 0 bridgehead atoms. The molecule has 1 aliphatic heterocycles. The zero-order valence-electron chi connectivity index (χ0n) is 10.4. The Labute approximate surface area is 116 Å². The lowest BCUT2D eigenvalue weighted by Gasteiger charge is -2.26. The molecular weight excluding hydrogens is 296 g/mol. The Kier molecular flexibility index (Phi) is 5.41. The van der Waals surface area contributed by atoms with Gasteiger partial charge in [-0.3, -0.25) is 4.90 Å². The van der Waals surface area contributed by atoms with Crippen molar-refractivity contribution in [3.05, 3.63) is 22.3 Å². The molecule has 0 amide bonds. The van der Waals surface area contributed by atoms with E-state index in [4.69, 9.17) is 4.74 Å². The van der Waals surface area contributed by atoms with E-state index in [1.165, 1.54) is 32.4 Å². The van der Waals surface area contributed by atoms with Crippen LogP contribution in [0.25, 0.3) is 0 Å². The van der Waals surface area contributed by atoms with E-state index in [2.05, 4.69) is 25.8 Å². The summed E-state index contributed by atoms with van der Waals surface area (Å²) in [5.74, 6) is 0.540. The average Bonchev–Trinajstić information content (AvgIpc) is 2.41. The zero-order valence-corrected chi connectivity index (χ0v) is 12.0. The fraction of sp³-hybridized carbons (Fsp3) is 0.615. The first-order valence-electron chi connectivity index (χ1n) is 6.40. The van der Waals surface area contributed by atoms with Gasteiger partial charge in [-0.25, -0.2) is 4.98 Å². The second-order valence-electron chi connectivity index (χ2n) is 4.53. The van der Waals surface area contributed by atoms with E-state index in [0.717, 1.165) is 16.6 Å². The number of pyridine rings is 1. The van der Waals surface area contributed by atoms with Crippen molar-refractivity contribution in [3.63, 3.8) is 0 Å². The maximum atomic E-state index is 9.24. The SMILES string of the molecule is OCc1cc(Br)cnc1OCCN1CCCCC1. The molecule has 0 aromatic carbocycles. The van der Waals surface area contributed by atoms with E-state index >= 15 is 0 Å². The van der Waals surface area contributed by atoms with Gasteiger partial charge in [0, 0.05) is 22.8 Å². The second-order valence-corrected chi connectivity index (χ2v) is 5.44. The summed E-state index contributed by atoms with van der Waals surface area (Å²) in [5, 5.41) is 9.24. The lowest BCUT2D eigenvalue weighted by molar-refractivity contribution is 0.177. The number of nitrogens with zero attached hydrogens (tertiary/aromatic N) is 2. The van der Waals surface area contributed by atoms with Gasteiger partial charge < -0.3 is 9.84 Å². The van der Waals surface area contributed by atoms with Crippen LogP contribution in [0.2, 0.25) is 0 Å². The Balaban J connectivity index is 1.82. The molecule has 0 saturated carbocycles. The third kappa shape index (κ3) is 3.93. The van der Waals surface area contributed by atoms with Crippen LogP contribution in [0.5, 0.6) is 5.88 Å². The average molecular weight is 315 g/mol. The molecule has 1 N–H and O–H groups in total. The van der Waals surface area contributed by atoms with Crippen molar-refractivity contribution < 1.29 is 9.84 Å². The van der Waals surface area contributed by atoms with Crippen molar-refractivity contribution in [2.75, 3.05) is 26.2 Å². The molecule has 1 fully saturated rings. The summed E-state index contributed by atoms with van der Waals surface area (Å²) < 4.78 is 6.51. The molecule has 1 saturated heterocycles. The summed E-state index contributed by atoms with van der Waals surface area (Å²) in [6, 6.07) is 1.84. The number of rotatable bonds is 5. The van der Waals surface area contributed by atoms with Gasteiger partial charge in [0.2, 0.25) is 5.88 Å². The standard InChI is InChI=1S/C13H19BrN2O2/c14-12-8-11(10-17)13(15-9-12)18-7-6-16-4-2-1-3-5-16/h8-9,17H,1-7,10H2. The predicted octanol–water partition coefficient (Wildman–Crippen LogP) is 2.20. The third-order valence-corrected chi connectivity index (χ3v) is 3.59. The van der Waals surface area contributed by atoms with Gasteiger partial charge in [0.05, 0.1) is 6.61 Å². The summed E-state index contributed by atoms with van der Waals surface area (Å²) in [6.45, 7) is 3.85. The number of piperidine rings is 1. The molecule has 100 valence electrons. The first kappa shape index (κ1) is 13.8. The highest BCUT2D eigenvalue weighted by Crippen LogP contribution is 2.20. The number of aromatic nitrogens is 1. The van der Waals surface area contributed by atoms with Crippen LogP contribution in [0.3, 0.4) is 0 Å². The van der Waals surface area contributed by atoms with Crippen LogP contribution in [-0.2, 0) is 6.61 Å². The van der Waals surface area contributed by atoms with Crippen LogP contribution in [-0.4, -0.2) is 41.2 Å². The molecule has 2 rings (SSSR count). The first-order valence-corrected chi connectivity index (χ1v) is 7.19. The molecule has 1 aromatic heterocycles. The van der Waals surface area contributed by atoms with E-state index in [-0.39, 0.29) is 6.61 Å². The second kappa shape index (κ2) is 7.07. The largest absolute Gasteiger partial charge is 0.476 e. The Morgan fingerprint density at radius 1 is 1.33 bits per heavy atom. The highest BCUT2D eigenvalue weighted by molar-refractivity contribution is 9.10. The van der Waals surface area contributed by atoms with Crippen LogP contribution in [0.1, 0.15) is 24.8 Å². The first-order chi connectivity index (χ1) is 8.79. The maximum absolute atomic E-state index is 9.24. The smallest absolute Gasteiger partial charge is 0.218 e. The molecule has 2 heterocycles. The summed E-state index contributed by atoms with van der Waals surface area (Å²) in [6.07, 6.45) is 5.62. The van der Waals surface area contributed by atoms with Gasteiger partial charge in [0.15, 0.2) is 0 Å². The fourth-order valence-corrected chi connectivity index (χ4v) is 2.55. The molecule has 0 radical (unpaired) electrons. The minimum Gasteiger partial charge on any atom is -0.476 e. The van der Waals surface area contributed by atoms with Gasteiger partial charge in [0.1, 0.15) is 6.61 Å². The van der Waals surface area contributed by atoms with Crippen LogP contribution in [0.15, 0.2) is 16.7 Å². The van der Waals surface area contributed by atoms with Crippen LogP contribution >= 0.6 is 15.9 Å². The summed E-state index contributed by atoms with van der Waals surface area (Å²) >= 11 is 3.33. The number of hydrogen-bond donors (Lipinski definition) is 1. The van der Waals surface area contributed by atoms with Crippen LogP contribution in [0, 0.1) is 0 Å². The highest BCUT2D eigenvalue weighted by atomic mass is 79.9.